The van der Waals surface area contributed by atoms with Crippen molar-refractivity contribution in [2.24, 2.45) is 0 Å². The third kappa shape index (κ3) is 7.48. The molecule has 0 saturated carbocycles. The summed E-state index contributed by atoms with van der Waals surface area (Å²) in [6.45, 7) is 15.8. The molecule has 14 heteroatoms. The Morgan fingerprint density at radius 1 is 0.576 bits per heavy atom. The molecule has 346 valence electrons. The molecular weight excluding hydrogens is 869 g/mol. The van der Waals surface area contributed by atoms with Crippen LogP contribution in [-0.2, 0) is 20.3 Å². The molecule has 2 saturated heterocycles. The van der Waals surface area contributed by atoms with Gasteiger partial charge in [0.2, 0.25) is 0 Å². The van der Waals surface area contributed by atoms with E-state index in [9.17, 15) is 9.59 Å². The molecule has 2 unspecified atom stereocenters. The van der Waals surface area contributed by atoms with Crippen LogP contribution in [0, 0.1) is 0 Å². The van der Waals surface area contributed by atoms with Crippen molar-refractivity contribution in [3.8, 4) is 11.5 Å². The molecule has 4 aromatic rings. The van der Waals surface area contributed by atoms with Crippen molar-refractivity contribution in [2.45, 2.75) is 50.0 Å². The van der Waals surface area contributed by atoms with Crippen molar-refractivity contribution in [1.29, 1.82) is 0 Å². The Labute approximate surface area is 396 Å². The third-order valence-corrected chi connectivity index (χ3v) is 16.9. The minimum absolute atomic E-state index is 0.0905. The second kappa shape index (κ2) is 17.4. The first-order valence-electron chi connectivity index (χ1n) is 23.1. The molecule has 66 heavy (non-hydrogen) atoms. The van der Waals surface area contributed by atoms with Gasteiger partial charge in [0.25, 0.3) is 11.8 Å². The largest absolute Gasteiger partial charge is 0.490 e. The van der Waals surface area contributed by atoms with E-state index in [2.05, 4.69) is 145 Å². The van der Waals surface area contributed by atoms with Crippen LogP contribution in [0.3, 0.4) is 0 Å². The molecular formula is C52H60N6O6S2. The molecule has 2 N–H and O–H groups in total. The minimum atomic E-state index is -0.671. The minimum Gasteiger partial charge on any atom is -0.490 e. The Kier molecular flexibility index (Phi) is 11.8. The van der Waals surface area contributed by atoms with Gasteiger partial charge in [0, 0.05) is 85.1 Å². The number of rotatable bonds is 13. The molecule has 4 aromatic carbocycles. The Bertz CT molecular complexity index is 2440. The van der Waals surface area contributed by atoms with E-state index in [1.54, 1.807) is 21.6 Å². The van der Waals surface area contributed by atoms with Crippen molar-refractivity contribution in [2.75, 3.05) is 111 Å². The van der Waals surface area contributed by atoms with E-state index in [4.69, 9.17) is 18.9 Å². The number of hydrogen-bond acceptors (Lipinski definition) is 12. The van der Waals surface area contributed by atoms with E-state index in [0.29, 0.717) is 50.6 Å². The fourth-order valence-electron chi connectivity index (χ4n) is 10.7. The predicted molar refractivity (Wildman–Crippen MR) is 269 cm³/mol. The molecule has 10 rings (SSSR count). The molecule has 6 aliphatic rings. The Balaban J connectivity index is 0.696. The standard InChI is InChI=1S/C52H60N6O6S2/c1-49(2)39-33-37(9-13-41(39)57-23-27-63-51(49,57)17-15-35-7-11-43-45(31-35)61-25-21-55(43)5)47(59)53-19-29-65-66-30-20-54-48(60)38-10-14-42-40(34-38)50(3,4)52(58(42)24-28-64-52)18-16-36-8-12-44-46(32-36)62-26-22-56(44)6/h7-18,31-34H,19-30H2,1-6H3,(H,53,59)(H,54,60)/b17-15+,18-16+. The highest BCUT2D eigenvalue weighted by atomic mass is 33.1. The van der Waals surface area contributed by atoms with E-state index >= 15 is 0 Å². The summed E-state index contributed by atoms with van der Waals surface area (Å²) >= 11 is 0. The molecule has 0 radical (unpaired) electrons. The lowest BCUT2D eigenvalue weighted by molar-refractivity contribution is 0.000267. The average molecular weight is 929 g/mol. The van der Waals surface area contributed by atoms with Gasteiger partial charge in [-0.3, -0.25) is 9.59 Å². The monoisotopic (exact) mass is 928 g/mol. The van der Waals surface area contributed by atoms with E-state index in [0.717, 1.165) is 94.2 Å². The second-order valence-electron chi connectivity index (χ2n) is 18.9. The highest BCUT2D eigenvalue weighted by molar-refractivity contribution is 8.76. The fraction of sp³-hybridized carbons (Fsp3) is 0.423. The van der Waals surface area contributed by atoms with Crippen LogP contribution in [0.15, 0.2) is 84.9 Å². The zero-order valence-corrected chi connectivity index (χ0v) is 40.4. The Morgan fingerprint density at radius 3 is 1.44 bits per heavy atom. The van der Waals surface area contributed by atoms with Crippen LogP contribution in [0.2, 0.25) is 0 Å². The second-order valence-corrected chi connectivity index (χ2v) is 21.6. The van der Waals surface area contributed by atoms with Crippen molar-refractivity contribution in [3.63, 3.8) is 0 Å². The molecule has 12 nitrogen and oxygen atoms in total. The van der Waals surface area contributed by atoms with E-state index in [1.807, 2.05) is 24.3 Å². The van der Waals surface area contributed by atoms with Crippen LogP contribution in [0.25, 0.3) is 12.2 Å². The lowest BCUT2D eigenvalue weighted by Crippen LogP contribution is -2.51. The quantitative estimate of drug-likeness (QED) is 0.100. The maximum Gasteiger partial charge on any atom is 0.251 e. The number of anilines is 4. The lowest BCUT2D eigenvalue weighted by atomic mass is 9.77. The molecule has 6 heterocycles. The molecule has 6 aliphatic heterocycles. The highest BCUT2D eigenvalue weighted by Gasteiger charge is 2.60. The number of nitrogens with one attached hydrogen (secondary N) is 2. The molecule has 2 amide bonds. The van der Waals surface area contributed by atoms with Crippen molar-refractivity contribution >= 4 is 68.3 Å². The number of carbonyl (C=O) groups is 2. The van der Waals surface area contributed by atoms with Crippen molar-refractivity contribution in [1.82, 2.24) is 10.6 Å². The van der Waals surface area contributed by atoms with Gasteiger partial charge in [-0.25, -0.2) is 0 Å². The van der Waals surface area contributed by atoms with Crippen molar-refractivity contribution < 1.29 is 28.5 Å². The number of fused-ring (bicyclic) bond motifs is 8. The zero-order chi connectivity index (χ0) is 45.8. The van der Waals surface area contributed by atoms with Crippen LogP contribution in [0.1, 0.15) is 70.7 Å². The van der Waals surface area contributed by atoms with Crippen LogP contribution < -0.4 is 39.7 Å². The molecule has 0 bridgehead atoms. The Hall–Kier alpha value is -5.28. The third-order valence-electron chi connectivity index (χ3n) is 14.5. The number of likely N-dealkylation sites (N-methyl/N-ethyl adjacent to an activating group) is 2. The van der Waals surface area contributed by atoms with Crippen LogP contribution in [0.5, 0.6) is 11.5 Å². The molecule has 2 fully saturated rings. The number of hydrogen-bond donors (Lipinski definition) is 2. The smallest absolute Gasteiger partial charge is 0.251 e. The van der Waals surface area contributed by atoms with Gasteiger partial charge in [-0.15, -0.1) is 0 Å². The normalized spacial score (nSPS) is 22.9. The summed E-state index contributed by atoms with van der Waals surface area (Å²) in [5.41, 5.74) is 7.83. The number of ether oxygens (including phenoxy) is 4. The maximum absolute atomic E-state index is 13.4. The van der Waals surface area contributed by atoms with Gasteiger partial charge in [-0.1, -0.05) is 73.6 Å². The Morgan fingerprint density at radius 2 is 1.00 bits per heavy atom. The van der Waals surface area contributed by atoms with Gasteiger partial charge in [-0.05, 0) is 95.1 Å². The van der Waals surface area contributed by atoms with Crippen LogP contribution >= 0.6 is 21.6 Å². The average Bonchev–Trinajstić information content (AvgIpc) is 4.04. The van der Waals surface area contributed by atoms with Gasteiger partial charge in [0.15, 0.2) is 11.4 Å². The number of carbonyl (C=O) groups excluding carboxylic acids is 2. The first-order valence-corrected chi connectivity index (χ1v) is 25.6. The number of benzene rings is 4. The summed E-state index contributed by atoms with van der Waals surface area (Å²) in [6, 6.07) is 24.7. The van der Waals surface area contributed by atoms with E-state index in [1.165, 1.54) is 0 Å². The van der Waals surface area contributed by atoms with Crippen LogP contribution in [-0.4, -0.2) is 115 Å². The van der Waals surface area contributed by atoms with Gasteiger partial charge in [0.05, 0.1) is 37.7 Å². The van der Waals surface area contributed by atoms with Gasteiger partial charge in [0.1, 0.15) is 24.7 Å². The summed E-state index contributed by atoms with van der Waals surface area (Å²) < 4.78 is 25.1. The number of nitrogens with zero attached hydrogens (tertiary/aromatic N) is 4. The molecule has 0 spiro atoms. The topological polar surface area (TPSA) is 108 Å². The predicted octanol–water partition coefficient (Wildman–Crippen LogP) is 7.96. The van der Waals surface area contributed by atoms with Crippen LogP contribution in [0.4, 0.5) is 22.7 Å². The van der Waals surface area contributed by atoms with Gasteiger partial charge >= 0.3 is 0 Å². The summed E-state index contributed by atoms with van der Waals surface area (Å²) in [4.78, 5) is 36.0. The molecule has 0 aliphatic carbocycles. The SMILES string of the molecule is CN1CCOc2cc(/C=C/C34OCCN3c3ccc(C(=O)NCCSSCCNC(=O)c5ccc6c(c5)C(C)(C)C5(/C=C/c7ccc8c(c7)OCCN8C)OCCN65)cc3C4(C)C)ccc21. The van der Waals surface area contributed by atoms with E-state index in [-0.39, 0.29) is 11.8 Å². The number of amides is 2. The van der Waals surface area contributed by atoms with Crippen molar-refractivity contribution in [3.05, 3.63) is 118 Å². The summed E-state index contributed by atoms with van der Waals surface area (Å²) in [5.74, 6) is 3.10. The van der Waals surface area contributed by atoms with Gasteiger partial charge < -0.3 is 49.2 Å². The van der Waals surface area contributed by atoms with E-state index < -0.39 is 22.3 Å². The first-order chi connectivity index (χ1) is 31.8. The van der Waals surface area contributed by atoms with Gasteiger partial charge in [-0.2, -0.15) is 0 Å². The summed E-state index contributed by atoms with van der Waals surface area (Å²) in [6.07, 6.45) is 8.63. The maximum atomic E-state index is 13.4. The lowest BCUT2D eigenvalue weighted by Gasteiger charge is -2.39. The zero-order valence-electron chi connectivity index (χ0n) is 38.8. The highest BCUT2D eigenvalue weighted by Crippen LogP contribution is 2.57. The molecule has 0 aromatic heterocycles. The summed E-state index contributed by atoms with van der Waals surface area (Å²) in [7, 11) is 7.56. The fourth-order valence-corrected chi connectivity index (χ4v) is 12.5. The summed E-state index contributed by atoms with van der Waals surface area (Å²) in [5, 5.41) is 6.23. The first kappa shape index (κ1) is 44.6. The molecule has 2 atom stereocenters.